The lowest BCUT2D eigenvalue weighted by molar-refractivity contribution is 0.0953. The van der Waals surface area contributed by atoms with Gasteiger partial charge in [-0.1, -0.05) is 47.5 Å². The molecule has 8 nitrogen and oxygen atoms in total. The summed E-state index contributed by atoms with van der Waals surface area (Å²) in [7, 11) is 0. The summed E-state index contributed by atoms with van der Waals surface area (Å²) in [6, 6.07) is 25.4. The maximum absolute atomic E-state index is 13.3. The van der Waals surface area contributed by atoms with E-state index in [-0.39, 0.29) is 22.9 Å². The standard InChI is InChI=1S/C31H25ClN6O2/c1-20-5-7-21(8-6-20)29(39)28-26(19-33)30(38(37-28)25-12-10-24(32)11-13-25)35-16-3-17-36-31(40)23-9-14-27-22(18-23)4-2-15-34-27/h2,4-15,18,35H,3,16-17H2,1H3,(H,36,40). The van der Waals surface area contributed by atoms with Crippen LogP contribution in [-0.2, 0) is 0 Å². The summed E-state index contributed by atoms with van der Waals surface area (Å²) >= 11 is 6.07. The molecule has 0 saturated carbocycles. The second-order valence-corrected chi connectivity index (χ2v) is 9.65. The zero-order valence-corrected chi connectivity index (χ0v) is 22.4. The maximum atomic E-state index is 13.3. The largest absolute Gasteiger partial charge is 0.369 e. The van der Waals surface area contributed by atoms with Crippen LogP contribution in [0.1, 0.15) is 44.0 Å². The SMILES string of the molecule is Cc1ccc(C(=O)c2nn(-c3ccc(Cl)cc3)c(NCCCNC(=O)c3ccc4ncccc4c3)c2C#N)cc1. The van der Waals surface area contributed by atoms with Crippen molar-refractivity contribution in [2.75, 3.05) is 18.4 Å². The van der Waals surface area contributed by atoms with Gasteiger partial charge in [-0.3, -0.25) is 14.6 Å². The lowest BCUT2D eigenvalue weighted by Gasteiger charge is -2.11. The number of halogens is 1. The second kappa shape index (κ2) is 11.8. The van der Waals surface area contributed by atoms with Crippen LogP contribution in [-0.4, -0.2) is 39.5 Å². The molecule has 0 aliphatic rings. The van der Waals surface area contributed by atoms with Crippen LogP contribution in [0.15, 0.2) is 85.1 Å². The number of hydrogen-bond donors (Lipinski definition) is 2. The Balaban J connectivity index is 1.32. The van der Waals surface area contributed by atoms with Crippen molar-refractivity contribution in [3.05, 3.63) is 118 Å². The number of carbonyl (C=O) groups excluding carboxylic acids is 2. The van der Waals surface area contributed by atoms with Gasteiger partial charge in [0.05, 0.1) is 11.2 Å². The molecule has 0 aliphatic carbocycles. The molecule has 3 aromatic carbocycles. The van der Waals surface area contributed by atoms with Crippen LogP contribution in [0.25, 0.3) is 16.6 Å². The van der Waals surface area contributed by atoms with Crippen LogP contribution in [0.3, 0.4) is 0 Å². The Morgan fingerprint density at radius 1 is 0.975 bits per heavy atom. The van der Waals surface area contributed by atoms with Crippen molar-refractivity contribution >= 4 is 40.0 Å². The Hall–Kier alpha value is -5.00. The molecule has 0 unspecified atom stereocenters. The second-order valence-electron chi connectivity index (χ2n) is 9.21. The highest BCUT2D eigenvalue weighted by Gasteiger charge is 2.25. The number of aromatic nitrogens is 3. The number of nitrogens with one attached hydrogen (secondary N) is 2. The Morgan fingerprint density at radius 3 is 2.48 bits per heavy atom. The molecule has 1 amide bonds. The molecule has 2 N–H and O–H groups in total. The van der Waals surface area contributed by atoms with E-state index in [1.165, 1.54) is 4.68 Å². The van der Waals surface area contributed by atoms with Gasteiger partial charge in [-0.25, -0.2) is 4.68 Å². The summed E-state index contributed by atoms with van der Waals surface area (Å²) in [6.45, 7) is 2.77. The first-order valence-electron chi connectivity index (χ1n) is 12.7. The molecule has 5 aromatic rings. The van der Waals surface area contributed by atoms with Crippen molar-refractivity contribution in [3.63, 3.8) is 0 Å². The highest BCUT2D eigenvalue weighted by Crippen LogP contribution is 2.26. The fourth-order valence-corrected chi connectivity index (χ4v) is 4.40. The number of rotatable bonds is 9. The molecule has 0 saturated heterocycles. The summed E-state index contributed by atoms with van der Waals surface area (Å²) in [5, 5.41) is 22.2. The Bertz CT molecular complexity index is 1740. The number of nitrogens with zero attached hydrogens (tertiary/aromatic N) is 4. The summed E-state index contributed by atoms with van der Waals surface area (Å²) in [6.07, 6.45) is 2.28. The van der Waals surface area contributed by atoms with E-state index >= 15 is 0 Å². The predicted molar refractivity (Wildman–Crippen MR) is 155 cm³/mol. The monoisotopic (exact) mass is 548 g/mol. The minimum Gasteiger partial charge on any atom is -0.369 e. The summed E-state index contributed by atoms with van der Waals surface area (Å²) in [4.78, 5) is 30.3. The number of amides is 1. The van der Waals surface area contributed by atoms with E-state index in [2.05, 4.69) is 26.8 Å². The molecule has 0 bridgehead atoms. The van der Waals surface area contributed by atoms with E-state index in [4.69, 9.17) is 11.6 Å². The van der Waals surface area contributed by atoms with E-state index in [9.17, 15) is 14.9 Å². The van der Waals surface area contributed by atoms with E-state index in [1.807, 2.05) is 43.3 Å². The van der Waals surface area contributed by atoms with Crippen molar-refractivity contribution in [2.24, 2.45) is 0 Å². The number of fused-ring (bicyclic) bond motifs is 1. The Labute approximate surface area is 236 Å². The van der Waals surface area contributed by atoms with Gasteiger partial charge in [-0.05, 0) is 61.9 Å². The van der Waals surface area contributed by atoms with E-state index in [1.54, 1.807) is 48.7 Å². The zero-order valence-electron chi connectivity index (χ0n) is 21.7. The molecule has 0 fully saturated rings. The smallest absolute Gasteiger partial charge is 0.251 e. The molecular weight excluding hydrogens is 524 g/mol. The number of nitriles is 1. The van der Waals surface area contributed by atoms with Gasteiger partial charge in [-0.2, -0.15) is 10.4 Å². The molecule has 2 aromatic heterocycles. The number of ketones is 1. The van der Waals surface area contributed by atoms with Crippen LogP contribution in [0.2, 0.25) is 5.02 Å². The van der Waals surface area contributed by atoms with Gasteiger partial charge < -0.3 is 10.6 Å². The van der Waals surface area contributed by atoms with Gasteiger partial charge in [0.15, 0.2) is 5.69 Å². The van der Waals surface area contributed by atoms with Crippen molar-refractivity contribution in [1.29, 1.82) is 5.26 Å². The fourth-order valence-electron chi connectivity index (χ4n) is 4.27. The molecule has 2 heterocycles. The quantitative estimate of drug-likeness (QED) is 0.180. The van der Waals surface area contributed by atoms with Crippen molar-refractivity contribution in [3.8, 4) is 11.8 Å². The number of pyridine rings is 1. The highest BCUT2D eigenvalue weighted by molar-refractivity contribution is 6.30. The third-order valence-corrected chi connectivity index (χ3v) is 6.65. The van der Waals surface area contributed by atoms with Gasteiger partial charge >= 0.3 is 0 Å². The fraction of sp³-hybridized carbons (Fsp3) is 0.129. The average molecular weight is 549 g/mol. The van der Waals surface area contributed by atoms with E-state index in [0.29, 0.717) is 47.2 Å². The first kappa shape index (κ1) is 26.6. The van der Waals surface area contributed by atoms with Gasteiger partial charge in [0.1, 0.15) is 17.5 Å². The summed E-state index contributed by atoms with van der Waals surface area (Å²) in [5.74, 6) is -0.126. The molecule has 40 heavy (non-hydrogen) atoms. The molecule has 0 radical (unpaired) electrons. The van der Waals surface area contributed by atoms with Crippen LogP contribution in [0.5, 0.6) is 0 Å². The molecule has 9 heteroatoms. The zero-order chi connectivity index (χ0) is 28.1. The Morgan fingerprint density at radius 2 is 1.73 bits per heavy atom. The first-order chi connectivity index (χ1) is 19.4. The van der Waals surface area contributed by atoms with Gasteiger partial charge in [-0.15, -0.1) is 0 Å². The number of carbonyl (C=O) groups is 2. The number of hydrogen-bond acceptors (Lipinski definition) is 6. The molecule has 0 aliphatic heterocycles. The lowest BCUT2D eigenvalue weighted by atomic mass is 10.0. The molecule has 0 spiro atoms. The van der Waals surface area contributed by atoms with Crippen molar-refractivity contribution < 1.29 is 9.59 Å². The third-order valence-electron chi connectivity index (χ3n) is 6.39. The Kier molecular flexibility index (Phi) is 7.85. The van der Waals surface area contributed by atoms with Gasteiger partial charge in [0, 0.05) is 40.8 Å². The predicted octanol–water partition coefficient (Wildman–Crippen LogP) is 5.72. The molecule has 5 rings (SSSR count). The van der Waals surface area contributed by atoms with Crippen LogP contribution in [0.4, 0.5) is 5.82 Å². The molecule has 198 valence electrons. The number of benzene rings is 3. The average Bonchev–Trinajstić information content (AvgIpc) is 3.35. The maximum Gasteiger partial charge on any atom is 0.251 e. The lowest BCUT2D eigenvalue weighted by Crippen LogP contribution is -2.26. The van der Waals surface area contributed by atoms with Crippen LogP contribution >= 0.6 is 11.6 Å². The summed E-state index contributed by atoms with van der Waals surface area (Å²) < 4.78 is 1.54. The number of anilines is 1. The van der Waals surface area contributed by atoms with E-state index in [0.717, 1.165) is 16.5 Å². The molecular formula is C31H25ClN6O2. The first-order valence-corrected chi connectivity index (χ1v) is 13.1. The van der Waals surface area contributed by atoms with Crippen LogP contribution < -0.4 is 10.6 Å². The van der Waals surface area contributed by atoms with E-state index < -0.39 is 0 Å². The van der Waals surface area contributed by atoms with Crippen molar-refractivity contribution in [1.82, 2.24) is 20.1 Å². The molecule has 0 atom stereocenters. The van der Waals surface area contributed by atoms with Crippen molar-refractivity contribution in [2.45, 2.75) is 13.3 Å². The summed E-state index contributed by atoms with van der Waals surface area (Å²) in [5.41, 5.74) is 3.70. The highest BCUT2D eigenvalue weighted by atomic mass is 35.5. The van der Waals surface area contributed by atoms with Gasteiger partial charge in [0.2, 0.25) is 5.78 Å². The number of aryl methyl sites for hydroxylation is 1. The third kappa shape index (κ3) is 5.70. The normalized spacial score (nSPS) is 10.7. The minimum absolute atomic E-state index is 0.0582. The van der Waals surface area contributed by atoms with Crippen LogP contribution in [0, 0.1) is 18.3 Å². The minimum atomic E-state index is -0.342. The van der Waals surface area contributed by atoms with Gasteiger partial charge in [0.25, 0.3) is 5.91 Å². The topological polar surface area (TPSA) is 113 Å².